The van der Waals surface area contributed by atoms with Crippen LogP contribution in [0.1, 0.15) is 5.56 Å². The molecule has 5 heteroatoms. The molecule has 2 aromatic carbocycles. The maximum Gasteiger partial charge on any atom is 0.0705 e. The fourth-order valence-corrected chi connectivity index (χ4v) is 3.72. The van der Waals surface area contributed by atoms with Gasteiger partial charge in [0.15, 0.2) is 0 Å². The number of anilines is 1. The van der Waals surface area contributed by atoms with Crippen LogP contribution in [0, 0.1) is 0 Å². The van der Waals surface area contributed by atoms with Crippen LogP contribution in [-0.2, 0) is 16.6 Å². The van der Waals surface area contributed by atoms with Gasteiger partial charge in [-0.1, -0.05) is 29.8 Å². The Labute approximate surface area is 130 Å². The minimum atomic E-state index is -1.25. The Morgan fingerprint density at radius 2 is 1.95 bits per heavy atom. The van der Waals surface area contributed by atoms with Crippen LogP contribution in [0.4, 0.5) is 5.69 Å². The molecule has 0 amide bonds. The molecule has 0 aliphatic rings. The third-order valence-corrected chi connectivity index (χ3v) is 4.90. The molecule has 1 unspecified atom stereocenters. The van der Waals surface area contributed by atoms with Crippen molar-refractivity contribution in [3.63, 3.8) is 0 Å². The minimum absolute atomic E-state index is 0.383. The summed E-state index contributed by atoms with van der Waals surface area (Å²) >= 11 is 5.96. The second kappa shape index (κ2) is 5.84. The fraction of sp³-hybridized carbons (Fsp3) is 0.0625. The second-order valence-electron chi connectivity index (χ2n) is 4.66. The average molecular weight is 317 g/mol. The van der Waals surface area contributed by atoms with Crippen LogP contribution < -0.4 is 5.73 Å². The van der Waals surface area contributed by atoms with Gasteiger partial charge in [-0.25, -0.2) is 0 Å². The van der Waals surface area contributed by atoms with Gasteiger partial charge in [-0.3, -0.25) is 9.19 Å². The van der Waals surface area contributed by atoms with E-state index in [0.29, 0.717) is 21.4 Å². The van der Waals surface area contributed by atoms with Crippen molar-refractivity contribution in [3.8, 4) is 0 Å². The van der Waals surface area contributed by atoms with Gasteiger partial charge in [0.05, 0.1) is 27.0 Å². The molecule has 3 nitrogen and oxygen atoms in total. The smallest absolute Gasteiger partial charge is 0.0705 e. The molecule has 0 bridgehead atoms. The number of halogens is 1. The highest BCUT2D eigenvalue weighted by Gasteiger charge is 2.11. The highest BCUT2D eigenvalue weighted by Crippen LogP contribution is 2.25. The van der Waals surface area contributed by atoms with E-state index in [-0.39, 0.29) is 0 Å². The van der Waals surface area contributed by atoms with Gasteiger partial charge >= 0.3 is 0 Å². The molecule has 1 heterocycles. The van der Waals surface area contributed by atoms with Gasteiger partial charge < -0.3 is 5.73 Å². The lowest BCUT2D eigenvalue weighted by atomic mass is 10.1. The number of aromatic nitrogens is 1. The Kier molecular flexibility index (Phi) is 3.90. The van der Waals surface area contributed by atoms with Crippen molar-refractivity contribution in [2.75, 3.05) is 5.73 Å². The van der Waals surface area contributed by atoms with Gasteiger partial charge in [0.2, 0.25) is 0 Å². The van der Waals surface area contributed by atoms with Gasteiger partial charge in [-0.15, -0.1) is 0 Å². The van der Waals surface area contributed by atoms with Crippen LogP contribution in [0.5, 0.6) is 0 Å². The Morgan fingerprint density at radius 3 is 2.81 bits per heavy atom. The van der Waals surface area contributed by atoms with Gasteiger partial charge in [0.25, 0.3) is 0 Å². The topological polar surface area (TPSA) is 56.0 Å². The monoisotopic (exact) mass is 316 g/mol. The van der Waals surface area contributed by atoms with Gasteiger partial charge in [0.1, 0.15) is 0 Å². The third-order valence-electron chi connectivity index (χ3n) is 3.25. The average Bonchev–Trinajstić information content (AvgIpc) is 2.50. The molecule has 0 fully saturated rings. The van der Waals surface area contributed by atoms with Crippen molar-refractivity contribution in [2.24, 2.45) is 0 Å². The van der Waals surface area contributed by atoms with Crippen LogP contribution in [0.2, 0.25) is 5.02 Å². The van der Waals surface area contributed by atoms with E-state index in [1.54, 1.807) is 24.4 Å². The van der Waals surface area contributed by atoms with Gasteiger partial charge in [0, 0.05) is 22.3 Å². The normalized spacial score (nSPS) is 12.4. The first-order valence-corrected chi connectivity index (χ1v) is 8.11. The summed E-state index contributed by atoms with van der Waals surface area (Å²) < 4.78 is 12.6. The van der Waals surface area contributed by atoms with Crippen molar-refractivity contribution < 1.29 is 4.21 Å². The van der Waals surface area contributed by atoms with Gasteiger partial charge in [-0.05, 0) is 35.9 Å². The van der Waals surface area contributed by atoms with Crippen molar-refractivity contribution in [1.82, 2.24) is 4.98 Å². The number of fused-ring (bicyclic) bond motifs is 1. The van der Waals surface area contributed by atoms with Crippen LogP contribution in [0.25, 0.3) is 10.9 Å². The summed E-state index contributed by atoms with van der Waals surface area (Å²) in [7, 11) is -1.25. The van der Waals surface area contributed by atoms with E-state index in [9.17, 15) is 4.21 Å². The number of nitrogen functional groups attached to an aromatic ring is 1. The second-order valence-corrected chi connectivity index (χ2v) is 6.52. The molecule has 1 aromatic heterocycles. The van der Waals surface area contributed by atoms with Crippen molar-refractivity contribution in [3.05, 3.63) is 65.3 Å². The first kappa shape index (κ1) is 14.0. The lowest BCUT2D eigenvalue weighted by Crippen LogP contribution is -2.01. The van der Waals surface area contributed by atoms with E-state index in [1.165, 1.54) is 0 Å². The Morgan fingerprint density at radius 1 is 1.14 bits per heavy atom. The standard InChI is InChI=1S/C16H13ClN2OS/c17-12-5-6-14(18)16(9-12)21(20)10-11-7-8-19-15-4-2-1-3-13(11)15/h1-9H,10,18H2. The Balaban J connectivity index is 1.99. The number of hydrogen-bond acceptors (Lipinski definition) is 3. The third kappa shape index (κ3) is 2.91. The van der Waals surface area contributed by atoms with E-state index in [4.69, 9.17) is 17.3 Å². The lowest BCUT2D eigenvalue weighted by Gasteiger charge is -2.08. The molecule has 0 spiro atoms. The number of nitrogens with zero attached hydrogens (tertiary/aromatic N) is 1. The summed E-state index contributed by atoms with van der Waals surface area (Å²) in [5.74, 6) is 0.383. The zero-order valence-electron chi connectivity index (χ0n) is 11.1. The lowest BCUT2D eigenvalue weighted by molar-refractivity contribution is 0.683. The van der Waals surface area contributed by atoms with E-state index in [2.05, 4.69) is 4.98 Å². The van der Waals surface area contributed by atoms with Crippen molar-refractivity contribution in [2.45, 2.75) is 10.6 Å². The molecule has 21 heavy (non-hydrogen) atoms. The van der Waals surface area contributed by atoms with E-state index >= 15 is 0 Å². The van der Waals surface area contributed by atoms with E-state index < -0.39 is 10.8 Å². The predicted molar refractivity (Wildman–Crippen MR) is 87.7 cm³/mol. The summed E-state index contributed by atoms with van der Waals surface area (Å²) in [6.07, 6.45) is 1.73. The summed E-state index contributed by atoms with van der Waals surface area (Å²) in [5, 5.41) is 1.54. The number of pyridine rings is 1. The number of rotatable bonds is 3. The highest BCUT2D eigenvalue weighted by molar-refractivity contribution is 7.84. The Bertz CT molecular complexity index is 830. The molecule has 3 rings (SSSR count). The predicted octanol–water partition coefficient (Wildman–Crippen LogP) is 3.78. The SMILES string of the molecule is Nc1ccc(Cl)cc1S(=O)Cc1ccnc2ccccc12. The molecule has 1 atom stereocenters. The van der Waals surface area contributed by atoms with Gasteiger partial charge in [-0.2, -0.15) is 0 Å². The van der Waals surface area contributed by atoms with Crippen LogP contribution in [-0.4, -0.2) is 9.19 Å². The van der Waals surface area contributed by atoms with Crippen molar-refractivity contribution in [1.29, 1.82) is 0 Å². The minimum Gasteiger partial charge on any atom is -0.398 e. The van der Waals surface area contributed by atoms with E-state index in [1.807, 2.05) is 30.3 Å². The largest absolute Gasteiger partial charge is 0.398 e. The number of para-hydroxylation sites is 1. The maximum atomic E-state index is 12.6. The summed E-state index contributed by atoms with van der Waals surface area (Å²) in [6.45, 7) is 0. The fourth-order valence-electron chi connectivity index (χ4n) is 2.21. The quantitative estimate of drug-likeness (QED) is 0.748. The summed E-state index contributed by atoms with van der Waals surface area (Å²) in [5.41, 5.74) is 8.27. The summed E-state index contributed by atoms with van der Waals surface area (Å²) in [6, 6.07) is 14.7. The van der Waals surface area contributed by atoms with Crippen LogP contribution in [0.15, 0.2) is 59.6 Å². The highest BCUT2D eigenvalue weighted by atomic mass is 35.5. The molecule has 3 aromatic rings. The maximum absolute atomic E-state index is 12.6. The van der Waals surface area contributed by atoms with Crippen molar-refractivity contribution >= 4 is 39.0 Å². The summed E-state index contributed by atoms with van der Waals surface area (Å²) in [4.78, 5) is 4.88. The van der Waals surface area contributed by atoms with Crippen LogP contribution >= 0.6 is 11.6 Å². The molecule has 0 aliphatic heterocycles. The molecule has 0 saturated carbocycles. The van der Waals surface area contributed by atoms with Crippen LogP contribution in [0.3, 0.4) is 0 Å². The molecule has 0 aliphatic carbocycles. The first-order valence-electron chi connectivity index (χ1n) is 6.41. The molecule has 0 saturated heterocycles. The number of hydrogen-bond donors (Lipinski definition) is 1. The molecule has 0 radical (unpaired) electrons. The molecular formula is C16H13ClN2OS. The first-order chi connectivity index (χ1) is 10.1. The molecular weight excluding hydrogens is 304 g/mol. The number of benzene rings is 2. The zero-order chi connectivity index (χ0) is 14.8. The zero-order valence-corrected chi connectivity index (χ0v) is 12.7. The molecule has 2 N–H and O–H groups in total. The Hall–Kier alpha value is -1.91. The number of nitrogens with two attached hydrogens (primary N) is 1. The van der Waals surface area contributed by atoms with E-state index in [0.717, 1.165) is 16.5 Å². The molecule has 106 valence electrons.